The molecule has 0 heterocycles. The Morgan fingerprint density at radius 2 is 1.90 bits per heavy atom. The number of hydrogen-bond acceptors (Lipinski definition) is 2. The average molecular weight is 145 g/mol. The molecule has 0 rings (SSSR count). The van der Waals surface area contributed by atoms with E-state index in [1.807, 2.05) is 11.9 Å². The van der Waals surface area contributed by atoms with Crippen molar-refractivity contribution in [3.05, 3.63) is 0 Å². The summed E-state index contributed by atoms with van der Waals surface area (Å²) >= 11 is 0. The minimum Gasteiger partial charge on any atom is -0.378 e. The fraction of sp³-hybridized carbons (Fsp3) is 1.00. The number of rotatable bonds is 5. The zero-order valence-corrected chi connectivity index (χ0v) is 7.30. The lowest BCUT2D eigenvalue weighted by Gasteiger charge is -2.21. The van der Waals surface area contributed by atoms with Gasteiger partial charge in [0.05, 0.1) is 0 Å². The third-order valence-corrected chi connectivity index (χ3v) is 1.63. The molecule has 10 heavy (non-hydrogen) atoms. The normalized spacial score (nSPS) is 14.1. The van der Waals surface area contributed by atoms with E-state index in [2.05, 4.69) is 13.8 Å². The van der Waals surface area contributed by atoms with Gasteiger partial charge in [0.15, 0.2) is 0 Å². The molecule has 0 aliphatic rings. The van der Waals surface area contributed by atoms with E-state index in [0.29, 0.717) is 0 Å². The van der Waals surface area contributed by atoms with E-state index in [9.17, 15) is 5.11 Å². The lowest BCUT2D eigenvalue weighted by atomic mass is 10.3. The summed E-state index contributed by atoms with van der Waals surface area (Å²) in [5.74, 6) is 0. The highest BCUT2D eigenvalue weighted by molar-refractivity contribution is 4.54. The molecule has 0 spiro atoms. The fourth-order valence-electron chi connectivity index (χ4n) is 0.980. The molecule has 0 aliphatic carbocycles. The van der Waals surface area contributed by atoms with Crippen LogP contribution in [0.2, 0.25) is 0 Å². The van der Waals surface area contributed by atoms with Crippen LogP contribution in [0.25, 0.3) is 0 Å². The van der Waals surface area contributed by atoms with Gasteiger partial charge in [0.1, 0.15) is 6.23 Å². The summed E-state index contributed by atoms with van der Waals surface area (Å²) in [4.78, 5) is 1.99. The Hall–Kier alpha value is -0.0800. The van der Waals surface area contributed by atoms with E-state index in [-0.39, 0.29) is 6.23 Å². The molecule has 1 N–H and O–H groups in total. The van der Waals surface area contributed by atoms with Crippen LogP contribution in [-0.4, -0.2) is 29.8 Å². The smallest absolute Gasteiger partial charge is 0.107 e. The molecule has 1 atom stereocenters. The Morgan fingerprint density at radius 1 is 1.30 bits per heavy atom. The number of aliphatic hydroxyl groups is 1. The van der Waals surface area contributed by atoms with Crippen LogP contribution >= 0.6 is 0 Å². The second-order valence-electron chi connectivity index (χ2n) is 2.75. The van der Waals surface area contributed by atoms with E-state index >= 15 is 0 Å². The SMILES string of the molecule is CCCC(O)N(C)CCC. The van der Waals surface area contributed by atoms with E-state index in [0.717, 1.165) is 25.8 Å². The minimum absolute atomic E-state index is 0.232. The maximum absolute atomic E-state index is 9.37. The van der Waals surface area contributed by atoms with Crippen molar-refractivity contribution in [2.24, 2.45) is 0 Å². The highest BCUT2D eigenvalue weighted by Crippen LogP contribution is 2.00. The van der Waals surface area contributed by atoms with Crippen molar-refractivity contribution in [3.8, 4) is 0 Å². The van der Waals surface area contributed by atoms with Crippen LogP contribution in [0.4, 0.5) is 0 Å². The Labute approximate surface area is 63.8 Å². The van der Waals surface area contributed by atoms with Gasteiger partial charge in [-0.15, -0.1) is 0 Å². The topological polar surface area (TPSA) is 23.5 Å². The number of aliphatic hydroxyl groups excluding tert-OH is 1. The molecule has 0 bridgehead atoms. The second kappa shape index (κ2) is 5.69. The lowest BCUT2D eigenvalue weighted by Crippen LogP contribution is -2.31. The number of hydrogen-bond donors (Lipinski definition) is 1. The summed E-state index contributed by atoms with van der Waals surface area (Å²) in [5, 5.41) is 9.37. The molecule has 0 fully saturated rings. The molecule has 0 saturated heterocycles. The van der Waals surface area contributed by atoms with Crippen molar-refractivity contribution in [2.45, 2.75) is 39.3 Å². The molecule has 0 amide bonds. The Kier molecular flexibility index (Phi) is 5.64. The van der Waals surface area contributed by atoms with Gasteiger partial charge in [-0.25, -0.2) is 0 Å². The van der Waals surface area contributed by atoms with Crippen LogP contribution in [0.3, 0.4) is 0 Å². The van der Waals surface area contributed by atoms with Crippen molar-refractivity contribution >= 4 is 0 Å². The van der Waals surface area contributed by atoms with Gasteiger partial charge in [0.25, 0.3) is 0 Å². The van der Waals surface area contributed by atoms with Gasteiger partial charge in [-0.3, -0.25) is 4.90 Å². The molecule has 2 nitrogen and oxygen atoms in total. The molecule has 62 valence electrons. The van der Waals surface area contributed by atoms with Crippen LogP contribution in [0, 0.1) is 0 Å². The highest BCUT2D eigenvalue weighted by Gasteiger charge is 2.06. The minimum atomic E-state index is -0.232. The van der Waals surface area contributed by atoms with Crippen molar-refractivity contribution in [3.63, 3.8) is 0 Å². The first-order valence-corrected chi connectivity index (χ1v) is 4.10. The molecular weight excluding hydrogens is 126 g/mol. The second-order valence-corrected chi connectivity index (χ2v) is 2.75. The Bertz CT molecular complexity index is 65.7. The van der Waals surface area contributed by atoms with Gasteiger partial charge in [-0.05, 0) is 26.4 Å². The van der Waals surface area contributed by atoms with E-state index < -0.39 is 0 Å². The Morgan fingerprint density at radius 3 is 2.30 bits per heavy atom. The molecule has 0 aliphatic heterocycles. The van der Waals surface area contributed by atoms with Gasteiger partial charge < -0.3 is 5.11 Å². The van der Waals surface area contributed by atoms with E-state index in [1.165, 1.54) is 0 Å². The third-order valence-electron chi connectivity index (χ3n) is 1.63. The Balaban J connectivity index is 3.38. The largest absolute Gasteiger partial charge is 0.378 e. The van der Waals surface area contributed by atoms with E-state index in [4.69, 9.17) is 0 Å². The standard InChI is InChI=1S/C8H19NO/c1-4-6-8(10)9(3)7-5-2/h8,10H,4-7H2,1-3H3. The summed E-state index contributed by atoms with van der Waals surface area (Å²) < 4.78 is 0. The third kappa shape index (κ3) is 3.85. The zero-order chi connectivity index (χ0) is 7.98. The van der Waals surface area contributed by atoms with Crippen molar-refractivity contribution < 1.29 is 5.11 Å². The molecule has 2 heteroatoms. The molecule has 1 unspecified atom stereocenters. The summed E-state index contributed by atoms with van der Waals surface area (Å²) in [7, 11) is 1.96. The quantitative estimate of drug-likeness (QED) is 0.592. The number of nitrogens with zero attached hydrogens (tertiary/aromatic N) is 1. The zero-order valence-electron chi connectivity index (χ0n) is 7.30. The fourth-order valence-corrected chi connectivity index (χ4v) is 0.980. The van der Waals surface area contributed by atoms with Gasteiger partial charge >= 0.3 is 0 Å². The van der Waals surface area contributed by atoms with Gasteiger partial charge in [-0.1, -0.05) is 20.3 Å². The summed E-state index contributed by atoms with van der Waals surface area (Å²) in [6.07, 6.45) is 2.81. The summed E-state index contributed by atoms with van der Waals surface area (Å²) in [6.45, 7) is 5.19. The van der Waals surface area contributed by atoms with Gasteiger partial charge in [-0.2, -0.15) is 0 Å². The van der Waals surface area contributed by atoms with E-state index in [1.54, 1.807) is 0 Å². The maximum atomic E-state index is 9.37. The molecular formula is C8H19NO. The van der Waals surface area contributed by atoms with Crippen molar-refractivity contribution in [1.82, 2.24) is 4.90 Å². The van der Waals surface area contributed by atoms with Gasteiger partial charge in [0, 0.05) is 0 Å². The predicted octanol–water partition coefficient (Wildman–Crippen LogP) is 1.45. The lowest BCUT2D eigenvalue weighted by molar-refractivity contribution is 0.0154. The van der Waals surface area contributed by atoms with Crippen LogP contribution in [0.15, 0.2) is 0 Å². The first kappa shape index (κ1) is 9.92. The van der Waals surface area contributed by atoms with Crippen LogP contribution in [0.5, 0.6) is 0 Å². The van der Waals surface area contributed by atoms with Crippen LogP contribution < -0.4 is 0 Å². The van der Waals surface area contributed by atoms with Crippen LogP contribution in [-0.2, 0) is 0 Å². The monoisotopic (exact) mass is 145 g/mol. The molecule has 0 saturated carbocycles. The molecule has 0 aromatic heterocycles. The highest BCUT2D eigenvalue weighted by atomic mass is 16.3. The van der Waals surface area contributed by atoms with Gasteiger partial charge in [0.2, 0.25) is 0 Å². The predicted molar refractivity (Wildman–Crippen MR) is 43.8 cm³/mol. The first-order chi connectivity index (χ1) is 4.72. The molecule has 0 aromatic carbocycles. The van der Waals surface area contributed by atoms with Crippen molar-refractivity contribution in [2.75, 3.05) is 13.6 Å². The first-order valence-electron chi connectivity index (χ1n) is 4.10. The van der Waals surface area contributed by atoms with Crippen molar-refractivity contribution in [1.29, 1.82) is 0 Å². The maximum Gasteiger partial charge on any atom is 0.107 e. The summed E-state index contributed by atoms with van der Waals surface area (Å²) in [5.41, 5.74) is 0. The molecule has 0 aromatic rings. The van der Waals surface area contributed by atoms with Crippen LogP contribution in [0.1, 0.15) is 33.1 Å². The summed E-state index contributed by atoms with van der Waals surface area (Å²) in [6, 6.07) is 0. The molecule has 0 radical (unpaired) electrons. The average Bonchev–Trinajstić information content (AvgIpc) is 1.89.